The molecule has 3 N–H and O–H groups in total. The van der Waals surface area contributed by atoms with Gasteiger partial charge >= 0.3 is 0 Å². The number of aromatic nitrogens is 5. The second kappa shape index (κ2) is 7.57. The van der Waals surface area contributed by atoms with Crippen molar-refractivity contribution < 1.29 is 10.2 Å². The van der Waals surface area contributed by atoms with E-state index in [1.165, 1.54) is 0 Å². The third-order valence-corrected chi connectivity index (χ3v) is 5.33. The van der Waals surface area contributed by atoms with Crippen LogP contribution in [0.2, 0.25) is 0 Å². The largest absolute Gasteiger partial charge is 0.390 e. The minimum Gasteiger partial charge on any atom is -0.390 e. The molecule has 0 amide bonds. The molecule has 0 bridgehead atoms. The number of aliphatic hydroxyl groups is 2. The lowest BCUT2D eigenvalue weighted by Crippen LogP contribution is -2.43. The highest BCUT2D eigenvalue weighted by Gasteiger charge is 2.28. The molecule has 0 aliphatic carbocycles. The van der Waals surface area contributed by atoms with Crippen LogP contribution in [0.5, 0.6) is 0 Å². The Labute approximate surface area is 169 Å². The molecule has 0 unspecified atom stereocenters. The highest BCUT2D eigenvalue weighted by molar-refractivity contribution is 5.79. The van der Waals surface area contributed by atoms with E-state index in [4.69, 9.17) is 0 Å². The van der Waals surface area contributed by atoms with Gasteiger partial charge in [0.1, 0.15) is 29.6 Å². The number of aliphatic hydroxyl groups excluding tert-OH is 1. The van der Waals surface area contributed by atoms with Gasteiger partial charge in [0, 0.05) is 31.4 Å². The van der Waals surface area contributed by atoms with Crippen LogP contribution in [-0.2, 0) is 6.61 Å². The van der Waals surface area contributed by atoms with Crippen LogP contribution >= 0.6 is 0 Å². The SMILES string of the molecule is CC(C)n1c(CO)nc2cnc(Nc3ccnc(N4CCC(C)(O)CC4)n3)cc21. The van der Waals surface area contributed by atoms with E-state index in [2.05, 4.69) is 44.0 Å². The van der Waals surface area contributed by atoms with Crippen molar-refractivity contribution in [1.29, 1.82) is 0 Å². The van der Waals surface area contributed by atoms with Crippen molar-refractivity contribution in [3.63, 3.8) is 0 Å². The Morgan fingerprint density at radius 1 is 1.17 bits per heavy atom. The number of piperidine rings is 1. The van der Waals surface area contributed by atoms with Gasteiger partial charge in [-0.25, -0.2) is 15.0 Å². The number of anilines is 3. The number of fused-ring (bicyclic) bond motifs is 1. The third kappa shape index (κ3) is 4.01. The van der Waals surface area contributed by atoms with E-state index in [0.717, 1.165) is 24.1 Å². The fourth-order valence-electron chi connectivity index (χ4n) is 3.69. The van der Waals surface area contributed by atoms with Gasteiger partial charge in [-0.15, -0.1) is 0 Å². The average molecular weight is 397 g/mol. The zero-order chi connectivity index (χ0) is 20.6. The Morgan fingerprint density at radius 2 is 1.93 bits per heavy atom. The molecule has 0 aromatic carbocycles. The molecule has 29 heavy (non-hydrogen) atoms. The van der Waals surface area contributed by atoms with E-state index in [9.17, 15) is 10.2 Å². The number of hydrogen-bond donors (Lipinski definition) is 3. The summed E-state index contributed by atoms with van der Waals surface area (Å²) < 4.78 is 2.01. The number of hydrogen-bond acceptors (Lipinski definition) is 8. The highest BCUT2D eigenvalue weighted by Crippen LogP contribution is 2.26. The van der Waals surface area contributed by atoms with Gasteiger partial charge in [-0.05, 0) is 39.7 Å². The molecule has 4 rings (SSSR count). The van der Waals surface area contributed by atoms with E-state index < -0.39 is 5.60 Å². The zero-order valence-corrected chi connectivity index (χ0v) is 17.0. The summed E-state index contributed by atoms with van der Waals surface area (Å²) in [4.78, 5) is 20.0. The molecule has 4 heterocycles. The van der Waals surface area contributed by atoms with Crippen molar-refractivity contribution in [2.24, 2.45) is 0 Å². The average Bonchev–Trinajstić information content (AvgIpc) is 3.06. The second-order valence-electron chi connectivity index (χ2n) is 8.06. The predicted molar refractivity (Wildman–Crippen MR) is 111 cm³/mol. The molecule has 1 aliphatic heterocycles. The van der Waals surface area contributed by atoms with Crippen LogP contribution in [0.4, 0.5) is 17.6 Å². The maximum atomic E-state index is 10.1. The van der Waals surface area contributed by atoms with Crippen LogP contribution in [0.3, 0.4) is 0 Å². The molecule has 9 nitrogen and oxygen atoms in total. The summed E-state index contributed by atoms with van der Waals surface area (Å²) in [7, 11) is 0. The Bertz CT molecular complexity index is 1010. The molecule has 154 valence electrons. The summed E-state index contributed by atoms with van der Waals surface area (Å²) >= 11 is 0. The van der Waals surface area contributed by atoms with Gasteiger partial charge in [0.05, 0.1) is 17.3 Å². The van der Waals surface area contributed by atoms with Crippen LogP contribution in [0.25, 0.3) is 11.0 Å². The summed E-state index contributed by atoms with van der Waals surface area (Å²) in [6.45, 7) is 7.31. The fraction of sp³-hybridized carbons (Fsp3) is 0.500. The molecule has 1 fully saturated rings. The van der Waals surface area contributed by atoms with Crippen LogP contribution in [-0.4, -0.2) is 53.4 Å². The van der Waals surface area contributed by atoms with Gasteiger partial charge in [-0.1, -0.05) is 0 Å². The van der Waals surface area contributed by atoms with Crippen molar-refractivity contribution in [3.8, 4) is 0 Å². The molecule has 0 atom stereocenters. The molecule has 0 saturated carbocycles. The van der Waals surface area contributed by atoms with E-state index >= 15 is 0 Å². The molecule has 1 saturated heterocycles. The third-order valence-electron chi connectivity index (χ3n) is 5.33. The Morgan fingerprint density at radius 3 is 2.62 bits per heavy atom. The maximum absolute atomic E-state index is 10.1. The molecule has 0 radical (unpaired) electrons. The molecular formula is C20H27N7O2. The summed E-state index contributed by atoms with van der Waals surface area (Å²) in [6, 6.07) is 3.88. The minimum absolute atomic E-state index is 0.117. The smallest absolute Gasteiger partial charge is 0.227 e. The second-order valence-corrected chi connectivity index (χ2v) is 8.06. The van der Waals surface area contributed by atoms with Crippen LogP contribution in [0.15, 0.2) is 24.5 Å². The first-order valence-electron chi connectivity index (χ1n) is 9.91. The lowest BCUT2D eigenvalue weighted by molar-refractivity contribution is 0.0349. The Hall–Kier alpha value is -2.78. The van der Waals surface area contributed by atoms with Gasteiger partial charge in [0.15, 0.2) is 0 Å². The number of imidazole rings is 1. The van der Waals surface area contributed by atoms with E-state index in [1.54, 1.807) is 18.5 Å². The first kappa shape index (κ1) is 19.5. The lowest BCUT2D eigenvalue weighted by atomic mass is 9.94. The summed E-state index contributed by atoms with van der Waals surface area (Å²) in [5, 5.41) is 23.0. The number of nitrogens with zero attached hydrogens (tertiary/aromatic N) is 6. The van der Waals surface area contributed by atoms with Crippen molar-refractivity contribution in [1.82, 2.24) is 24.5 Å². The van der Waals surface area contributed by atoms with E-state index in [1.807, 2.05) is 17.6 Å². The van der Waals surface area contributed by atoms with Crippen LogP contribution in [0, 0.1) is 0 Å². The molecule has 1 aliphatic rings. The van der Waals surface area contributed by atoms with Crippen molar-refractivity contribution in [2.45, 2.75) is 51.9 Å². The first-order chi connectivity index (χ1) is 13.9. The fourth-order valence-corrected chi connectivity index (χ4v) is 3.69. The van der Waals surface area contributed by atoms with Gasteiger partial charge < -0.3 is 25.0 Å². The predicted octanol–water partition coefficient (Wildman–Crippen LogP) is 2.39. The Kier molecular flexibility index (Phi) is 5.10. The molecule has 9 heteroatoms. The lowest BCUT2D eigenvalue weighted by Gasteiger charge is -2.35. The Balaban J connectivity index is 1.58. The van der Waals surface area contributed by atoms with Crippen molar-refractivity contribution >= 4 is 28.6 Å². The van der Waals surface area contributed by atoms with E-state index in [-0.39, 0.29) is 12.6 Å². The van der Waals surface area contributed by atoms with E-state index in [0.29, 0.717) is 36.3 Å². The molecular weight excluding hydrogens is 370 g/mol. The minimum atomic E-state index is -0.613. The van der Waals surface area contributed by atoms with Crippen LogP contribution < -0.4 is 10.2 Å². The number of nitrogens with one attached hydrogen (secondary N) is 1. The van der Waals surface area contributed by atoms with Gasteiger partial charge in [-0.2, -0.15) is 4.98 Å². The highest BCUT2D eigenvalue weighted by atomic mass is 16.3. The van der Waals surface area contributed by atoms with Crippen LogP contribution in [0.1, 0.15) is 45.5 Å². The maximum Gasteiger partial charge on any atom is 0.227 e. The summed E-state index contributed by atoms with van der Waals surface area (Å²) in [5.41, 5.74) is 1.05. The quantitative estimate of drug-likeness (QED) is 0.602. The van der Waals surface area contributed by atoms with Gasteiger partial charge in [0.2, 0.25) is 5.95 Å². The standard InChI is InChI=1S/C20H27N7O2/c1-13(2)27-15-10-17(22-11-14(15)23-18(27)12-28)24-16-4-7-21-19(25-16)26-8-5-20(3,29)6-9-26/h4,7,10-11,13,28-29H,5-6,8-9,12H2,1-3H3,(H,21,22,24,25). The molecule has 0 spiro atoms. The summed E-state index contributed by atoms with van der Waals surface area (Å²) in [5.74, 6) is 2.56. The monoisotopic (exact) mass is 397 g/mol. The number of pyridine rings is 1. The molecule has 3 aromatic rings. The normalized spacial score (nSPS) is 16.6. The zero-order valence-electron chi connectivity index (χ0n) is 17.0. The van der Waals surface area contributed by atoms with Crippen molar-refractivity contribution in [3.05, 3.63) is 30.4 Å². The first-order valence-corrected chi connectivity index (χ1v) is 9.91. The van der Waals surface area contributed by atoms with Crippen molar-refractivity contribution in [2.75, 3.05) is 23.3 Å². The number of rotatable bonds is 5. The molecule has 3 aromatic heterocycles. The topological polar surface area (TPSA) is 112 Å². The van der Waals surface area contributed by atoms with Gasteiger partial charge in [-0.3, -0.25) is 0 Å². The summed E-state index contributed by atoms with van der Waals surface area (Å²) in [6.07, 6.45) is 4.81. The van der Waals surface area contributed by atoms with Gasteiger partial charge in [0.25, 0.3) is 0 Å².